The van der Waals surface area contributed by atoms with Crippen LogP contribution in [0.4, 0.5) is 4.39 Å². The molecule has 9 nitrogen and oxygen atoms in total. The maximum Gasteiger partial charge on any atom is 0.251 e. The Kier molecular flexibility index (Phi) is 8.47. The minimum absolute atomic E-state index is 0.0129. The molecule has 1 aliphatic heterocycles. The van der Waals surface area contributed by atoms with Crippen LogP contribution in [0, 0.1) is 5.82 Å². The number of hydrogen-bond acceptors (Lipinski definition) is 7. The molecular formula is C25H25FN4O5. The number of ketones is 1. The van der Waals surface area contributed by atoms with E-state index in [0.717, 1.165) is 19.5 Å². The molecule has 1 aromatic heterocycles. The van der Waals surface area contributed by atoms with E-state index in [0.29, 0.717) is 5.56 Å². The van der Waals surface area contributed by atoms with E-state index < -0.39 is 28.8 Å². The Morgan fingerprint density at radius 2 is 1.71 bits per heavy atom. The first-order chi connectivity index (χ1) is 16.8. The number of phenolic OH excluding ortho intramolecular Hbond substituents is 1. The molecule has 2 heterocycles. The fourth-order valence-electron chi connectivity index (χ4n) is 3.40. The summed E-state index contributed by atoms with van der Waals surface area (Å²) in [6.45, 7) is 1.86. The van der Waals surface area contributed by atoms with Gasteiger partial charge in [0.2, 0.25) is 5.91 Å². The van der Waals surface area contributed by atoms with Gasteiger partial charge in [-0.15, -0.1) is 0 Å². The van der Waals surface area contributed by atoms with Crippen molar-refractivity contribution < 1.29 is 28.6 Å². The van der Waals surface area contributed by atoms with E-state index >= 15 is 0 Å². The van der Waals surface area contributed by atoms with Gasteiger partial charge < -0.3 is 26.2 Å². The minimum Gasteiger partial charge on any atom is -0.507 e. The number of amides is 2. The lowest BCUT2D eigenvalue weighted by molar-refractivity contribution is 0.0938. The number of carbonyl (C=O) groups excluding carboxylic acids is 3. The van der Waals surface area contributed by atoms with Crippen LogP contribution >= 0.6 is 0 Å². The molecule has 10 heteroatoms. The molecule has 2 amide bonds. The molecule has 182 valence electrons. The second kappa shape index (κ2) is 11.7. The molecule has 2 aromatic carbocycles. The Balaban J connectivity index is 0.000000211. The zero-order chi connectivity index (χ0) is 25.4. The highest BCUT2D eigenvalue weighted by Gasteiger charge is 2.22. The highest BCUT2D eigenvalue weighted by Crippen LogP contribution is 2.30. The monoisotopic (exact) mass is 480 g/mol. The number of nitrogens with one attached hydrogen (secondary N) is 2. The van der Waals surface area contributed by atoms with Gasteiger partial charge in [0.15, 0.2) is 17.3 Å². The Bertz CT molecular complexity index is 1200. The van der Waals surface area contributed by atoms with Crippen molar-refractivity contribution in [2.45, 2.75) is 12.5 Å². The van der Waals surface area contributed by atoms with Crippen LogP contribution in [0.1, 0.15) is 43.1 Å². The van der Waals surface area contributed by atoms with Crippen LogP contribution in [0.3, 0.4) is 0 Å². The van der Waals surface area contributed by atoms with Crippen LogP contribution in [0.15, 0.2) is 60.9 Å². The Hall–Kier alpha value is -4.31. The molecule has 0 aliphatic carbocycles. The molecule has 0 unspecified atom stereocenters. The van der Waals surface area contributed by atoms with Gasteiger partial charge >= 0.3 is 0 Å². The van der Waals surface area contributed by atoms with E-state index in [4.69, 9.17) is 10.5 Å². The van der Waals surface area contributed by atoms with Crippen LogP contribution in [0.25, 0.3) is 0 Å². The molecule has 1 aliphatic rings. The lowest BCUT2D eigenvalue weighted by atomic mass is 10.00. The van der Waals surface area contributed by atoms with Crippen molar-refractivity contribution in [2.24, 2.45) is 5.73 Å². The van der Waals surface area contributed by atoms with Gasteiger partial charge in [-0.05, 0) is 49.4 Å². The molecule has 0 spiro atoms. The summed E-state index contributed by atoms with van der Waals surface area (Å²) in [5, 5.41) is 15.9. The fraction of sp³-hybridized carbons (Fsp3) is 0.200. The van der Waals surface area contributed by atoms with Crippen molar-refractivity contribution in [3.05, 3.63) is 89.0 Å². The number of pyridine rings is 1. The molecule has 0 saturated carbocycles. The zero-order valence-corrected chi connectivity index (χ0v) is 19.0. The largest absolute Gasteiger partial charge is 0.507 e. The fourth-order valence-corrected chi connectivity index (χ4v) is 3.40. The quantitative estimate of drug-likeness (QED) is 0.395. The third kappa shape index (κ3) is 6.39. The summed E-state index contributed by atoms with van der Waals surface area (Å²) in [5.74, 6) is -2.95. The summed E-state index contributed by atoms with van der Waals surface area (Å²) in [4.78, 5) is 38.7. The number of aromatic hydroxyl groups is 1. The van der Waals surface area contributed by atoms with Crippen molar-refractivity contribution in [2.75, 3.05) is 20.2 Å². The van der Waals surface area contributed by atoms with E-state index in [1.165, 1.54) is 43.5 Å². The summed E-state index contributed by atoms with van der Waals surface area (Å²) in [6, 6.07) is 11.5. The van der Waals surface area contributed by atoms with Crippen molar-refractivity contribution >= 4 is 17.6 Å². The van der Waals surface area contributed by atoms with Gasteiger partial charge in [-0.25, -0.2) is 4.39 Å². The molecule has 1 fully saturated rings. The number of ether oxygens (including phenoxy) is 1. The van der Waals surface area contributed by atoms with Gasteiger partial charge in [0, 0.05) is 41.7 Å². The first kappa shape index (κ1) is 25.3. The van der Waals surface area contributed by atoms with Crippen molar-refractivity contribution in [3.8, 4) is 11.5 Å². The molecule has 4 rings (SSSR count). The number of halogens is 1. The maximum atomic E-state index is 14.1. The summed E-state index contributed by atoms with van der Waals surface area (Å²) in [6.07, 6.45) is 4.26. The number of nitrogens with zero attached hydrogens (tertiary/aromatic N) is 1. The lowest BCUT2D eigenvalue weighted by Gasteiger charge is -2.10. The van der Waals surface area contributed by atoms with Crippen LogP contribution in [-0.2, 0) is 0 Å². The van der Waals surface area contributed by atoms with Gasteiger partial charge in [-0.2, -0.15) is 0 Å². The summed E-state index contributed by atoms with van der Waals surface area (Å²) < 4.78 is 18.9. The molecule has 0 bridgehead atoms. The zero-order valence-electron chi connectivity index (χ0n) is 19.0. The van der Waals surface area contributed by atoms with Crippen molar-refractivity contribution in [3.63, 3.8) is 0 Å². The SMILES string of the molecule is COc1ccc(O)c(C(=O)c2ccc(C(N)=O)cc2)c1F.O=C(N[C@H]1CCNC1)c1ccncc1. The Morgan fingerprint density at radius 3 is 2.29 bits per heavy atom. The van der Waals surface area contributed by atoms with E-state index in [1.54, 1.807) is 24.5 Å². The van der Waals surface area contributed by atoms with Gasteiger partial charge in [-0.3, -0.25) is 19.4 Å². The maximum absolute atomic E-state index is 14.1. The minimum atomic E-state index is -0.943. The number of nitrogens with two attached hydrogens (primary N) is 1. The third-order valence-corrected chi connectivity index (χ3v) is 5.30. The predicted octanol–water partition coefficient (Wildman–Crippen LogP) is 2.04. The first-order valence-corrected chi connectivity index (χ1v) is 10.7. The molecule has 5 N–H and O–H groups in total. The van der Waals surface area contributed by atoms with Crippen LogP contribution in [-0.4, -0.2) is 53.9 Å². The second-order valence-electron chi connectivity index (χ2n) is 7.65. The summed E-state index contributed by atoms with van der Waals surface area (Å²) >= 11 is 0. The molecule has 3 aromatic rings. The van der Waals surface area contributed by atoms with Crippen LogP contribution in [0.2, 0.25) is 0 Å². The number of rotatable bonds is 6. The van der Waals surface area contributed by atoms with Gasteiger partial charge in [-0.1, -0.05) is 12.1 Å². The van der Waals surface area contributed by atoms with E-state index in [2.05, 4.69) is 15.6 Å². The van der Waals surface area contributed by atoms with E-state index in [9.17, 15) is 23.9 Å². The number of benzene rings is 2. The van der Waals surface area contributed by atoms with Crippen molar-refractivity contribution in [1.82, 2.24) is 15.6 Å². The van der Waals surface area contributed by atoms with Gasteiger partial charge in [0.1, 0.15) is 11.3 Å². The Labute approximate surface area is 201 Å². The first-order valence-electron chi connectivity index (χ1n) is 10.7. The number of aromatic nitrogens is 1. The number of carbonyl (C=O) groups is 3. The Morgan fingerprint density at radius 1 is 1.06 bits per heavy atom. The van der Waals surface area contributed by atoms with Gasteiger partial charge in [0.05, 0.1) is 7.11 Å². The van der Waals surface area contributed by atoms with E-state index in [-0.39, 0.29) is 28.8 Å². The highest BCUT2D eigenvalue weighted by atomic mass is 19.1. The van der Waals surface area contributed by atoms with Gasteiger partial charge in [0.25, 0.3) is 5.91 Å². The average Bonchev–Trinajstić information content (AvgIpc) is 3.38. The molecule has 0 radical (unpaired) electrons. The lowest BCUT2D eigenvalue weighted by Crippen LogP contribution is -2.36. The topological polar surface area (TPSA) is 144 Å². The standard InChI is InChI=1S/C15H12FNO4.C10H13N3O/c1-21-11-7-6-10(18)12(13(11)16)14(19)8-2-4-9(5-3-8)15(17)20;14-10(8-1-4-11-5-2-8)13-9-3-6-12-7-9/h2-7,18H,1H3,(H2,17,20);1-2,4-5,9,12H,3,6-7H2,(H,13,14)/t;9-/m.0/s1. The highest BCUT2D eigenvalue weighted by molar-refractivity contribution is 6.11. The third-order valence-electron chi connectivity index (χ3n) is 5.30. The predicted molar refractivity (Wildman–Crippen MR) is 126 cm³/mol. The normalized spacial score (nSPS) is 14.4. The number of methoxy groups -OCH3 is 1. The average molecular weight is 480 g/mol. The number of primary amides is 1. The second-order valence-corrected chi connectivity index (χ2v) is 7.65. The summed E-state index contributed by atoms with van der Waals surface area (Å²) in [5.41, 5.74) is 5.62. The molecular weight excluding hydrogens is 455 g/mol. The molecule has 35 heavy (non-hydrogen) atoms. The number of hydrogen-bond donors (Lipinski definition) is 4. The molecule has 1 atom stereocenters. The van der Waals surface area contributed by atoms with Crippen LogP contribution in [0.5, 0.6) is 11.5 Å². The molecule has 1 saturated heterocycles. The van der Waals surface area contributed by atoms with Crippen molar-refractivity contribution in [1.29, 1.82) is 0 Å². The summed E-state index contributed by atoms with van der Waals surface area (Å²) in [7, 11) is 1.26. The van der Waals surface area contributed by atoms with Crippen LogP contribution < -0.4 is 21.1 Å². The van der Waals surface area contributed by atoms with E-state index in [1.807, 2.05) is 0 Å². The number of phenols is 1. The smallest absolute Gasteiger partial charge is 0.251 e.